The molecule has 110 valence electrons. The zero-order chi connectivity index (χ0) is 14.8. The lowest BCUT2D eigenvalue weighted by atomic mass is 10.3. The molecule has 0 spiro atoms. The molecule has 0 saturated heterocycles. The van der Waals surface area contributed by atoms with Crippen molar-refractivity contribution in [1.82, 2.24) is 15.2 Å². The molecule has 1 aliphatic carbocycles. The topological polar surface area (TPSA) is 70.7 Å². The normalized spacial score (nSPS) is 14.2. The third-order valence-corrected chi connectivity index (χ3v) is 3.83. The SMILES string of the molecule is O=C(CSc1n[nH]c(C2CC2)n1)Nc1cc(F)ccc1F. The number of amides is 1. The quantitative estimate of drug-likeness (QED) is 0.833. The van der Waals surface area contributed by atoms with Gasteiger partial charge in [0.15, 0.2) is 0 Å². The van der Waals surface area contributed by atoms with Crippen LogP contribution in [0.15, 0.2) is 23.4 Å². The van der Waals surface area contributed by atoms with Gasteiger partial charge in [-0.2, -0.15) is 0 Å². The summed E-state index contributed by atoms with van der Waals surface area (Å²) in [6.07, 6.45) is 2.22. The summed E-state index contributed by atoms with van der Waals surface area (Å²) < 4.78 is 26.4. The van der Waals surface area contributed by atoms with Crippen molar-refractivity contribution in [1.29, 1.82) is 0 Å². The maximum atomic E-state index is 13.4. The zero-order valence-electron chi connectivity index (χ0n) is 10.9. The number of rotatable bonds is 5. The lowest BCUT2D eigenvalue weighted by Gasteiger charge is -2.05. The monoisotopic (exact) mass is 310 g/mol. The Labute approximate surface area is 123 Å². The Morgan fingerprint density at radius 2 is 2.24 bits per heavy atom. The van der Waals surface area contributed by atoms with Gasteiger partial charge in [-0.1, -0.05) is 11.8 Å². The van der Waals surface area contributed by atoms with Gasteiger partial charge >= 0.3 is 0 Å². The summed E-state index contributed by atoms with van der Waals surface area (Å²) in [5.74, 6) is -0.401. The average molecular weight is 310 g/mol. The number of thioether (sulfide) groups is 1. The van der Waals surface area contributed by atoms with Gasteiger partial charge in [-0.3, -0.25) is 9.89 Å². The number of aromatic amines is 1. The first kappa shape index (κ1) is 14.0. The minimum absolute atomic E-state index is 0.0257. The summed E-state index contributed by atoms with van der Waals surface area (Å²) in [6.45, 7) is 0. The number of hydrogen-bond donors (Lipinski definition) is 2. The summed E-state index contributed by atoms with van der Waals surface area (Å²) in [4.78, 5) is 16.0. The van der Waals surface area contributed by atoms with Gasteiger partial charge < -0.3 is 5.32 Å². The molecule has 0 unspecified atom stereocenters. The fourth-order valence-electron chi connectivity index (χ4n) is 1.77. The van der Waals surface area contributed by atoms with E-state index in [-0.39, 0.29) is 11.4 Å². The van der Waals surface area contributed by atoms with E-state index in [2.05, 4.69) is 20.5 Å². The number of anilines is 1. The number of halogens is 2. The number of benzene rings is 1. The molecule has 1 amide bonds. The third-order valence-electron chi connectivity index (χ3n) is 2.98. The second kappa shape index (κ2) is 5.80. The minimum atomic E-state index is -0.677. The molecule has 5 nitrogen and oxygen atoms in total. The second-order valence-corrected chi connectivity index (χ2v) is 5.68. The van der Waals surface area contributed by atoms with Gasteiger partial charge in [-0.25, -0.2) is 13.8 Å². The van der Waals surface area contributed by atoms with Crippen molar-refractivity contribution in [3.8, 4) is 0 Å². The number of H-pyrrole nitrogens is 1. The molecule has 21 heavy (non-hydrogen) atoms. The summed E-state index contributed by atoms with van der Waals surface area (Å²) in [7, 11) is 0. The van der Waals surface area contributed by atoms with Crippen molar-refractivity contribution in [2.24, 2.45) is 0 Å². The molecule has 1 aliphatic rings. The van der Waals surface area contributed by atoms with E-state index in [0.717, 1.165) is 48.6 Å². The van der Waals surface area contributed by atoms with Crippen molar-refractivity contribution in [3.05, 3.63) is 35.7 Å². The summed E-state index contributed by atoms with van der Waals surface area (Å²) in [5.41, 5.74) is -0.172. The Morgan fingerprint density at radius 3 is 3.00 bits per heavy atom. The fourth-order valence-corrected chi connectivity index (χ4v) is 2.38. The molecule has 0 aliphatic heterocycles. The third kappa shape index (κ3) is 3.57. The van der Waals surface area contributed by atoms with Gasteiger partial charge in [0.1, 0.15) is 17.5 Å². The predicted octanol–water partition coefficient (Wildman–Crippen LogP) is 2.69. The number of aromatic nitrogens is 3. The van der Waals surface area contributed by atoms with Crippen LogP contribution in [0.4, 0.5) is 14.5 Å². The molecule has 3 rings (SSSR count). The van der Waals surface area contributed by atoms with Crippen LogP contribution in [0.25, 0.3) is 0 Å². The van der Waals surface area contributed by atoms with Crippen molar-refractivity contribution < 1.29 is 13.6 Å². The van der Waals surface area contributed by atoms with Crippen molar-refractivity contribution in [2.45, 2.75) is 23.9 Å². The highest BCUT2D eigenvalue weighted by Gasteiger charge is 2.27. The maximum Gasteiger partial charge on any atom is 0.234 e. The Morgan fingerprint density at radius 1 is 1.43 bits per heavy atom. The molecule has 1 aromatic carbocycles. The van der Waals surface area contributed by atoms with E-state index >= 15 is 0 Å². The van der Waals surface area contributed by atoms with Crippen LogP contribution in [-0.2, 0) is 4.79 Å². The van der Waals surface area contributed by atoms with E-state index in [4.69, 9.17) is 0 Å². The highest BCUT2D eigenvalue weighted by atomic mass is 32.2. The molecule has 0 atom stereocenters. The molecule has 1 saturated carbocycles. The van der Waals surface area contributed by atoms with Gasteiger partial charge in [-0.05, 0) is 25.0 Å². The van der Waals surface area contributed by atoms with Gasteiger partial charge in [0.25, 0.3) is 0 Å². The molecule has 2 N–H and O–H groups in total. The van der Waals surface area contributed by atoms with Gasteiger partial charge in [-0.15, -0.1) is 5.10 Å². The molecule has 1 aromatic heterocycles. The lowest BCUT2D eigenvalue weighted by molar-refractivity contribution is -0.113. The van der Waals surface area contributed by atoms with Gasteiger partial charge in [0.2, 0.25) is 11.1 Å². The Balaban J connectivity index is 1.54. The number of carbonyl (C=O) groups is 1. The average Bonchev–Trinajstić information content (AvgIpc) is 3.20. The highest BCUT2D eigenvalue weighted by molar-refractivity contribution is 7.99. The Kier molecular flexibility index (Phi) is 3.87. The molecule has 2 aromatic rings. The Hall–Kier alpha value is -1.96. The number of hydrogen-bond acceptors (Lipinski definition) is 4. The van der Waals surface area contributed by atoms with Crippen LogP contribution >= 0.6 is 11.8 Å². The molecule has 1 heterocycles. The van der Waals surface area contributed by atoms with E-state index in [1.54, 1.807) is 0 Å². The van der Waals surface area contributed by atoms with Gasteiger partial charge in [0.05, 0.1) is 11.4 Å². The van der Waals surface area contributed by atoms with Crippen molar-refractivity contribution in [2.75, 3.05) is 11.1 Å². The summed E-state index contributed by atoms with van der Waals surface area (Å²) in [5, 5.41) is 9.64. The lowest BCUT2D eigenvalue weighted by Crippen LogP contribution is -2.15. The van der Waals surface area contributed by atoms with Crippen molar-refractivity contribution >= 4 is 23.4 Å². The predicted molar refractivity (Wildman–Crippen MR) is 74.1 cm³/mol. The molecule has 0 radical (unpaired) electrons. The van der Waals surface area contributed by atoms with Crippen LogP contribution < -0.4 is 5.32 Å². The van der Waals surface area contributed by atoms with E-state index in [0.29, 0.717) is 11.1 Å². The zero-order valence-corrected chi connectivity index (χ0v) is 11.7. The number of carbonyl (C=O) groups excluding carboxylic acids is 1. The smallest absolute Gasteiger partial charge is 0.234 e. The van der Waals surface area contributed by atoms with Crippen LogP contribution in [0.5, 0.6) is 0 Å². The molecule has 0 bridgehead atoms. The highest BCUT2D eigenvalue weighted by Crippen LogP contribution is 2.38. The second-order valence-electron chi connectivity index (χ2n) is 4.74. The molecule has 1 fully saturated rings. The maximum absolute atomic E-state index is 13.4. The molecular formula is C13H12F2N4OS. The standard InChI is InChI=1S/C13H12F2N4OS/c14-8-3-4-9(15)10(5-8)16-11(20)6-21-13-17-12(18-19-13)7-1-2-7/h3-5,7H,1-2,6H2,(H,16,20)(H,17,18,19). The first-order valence-corrected chi connectivity index (χ1v) is 7.40. The van der Waals surface area contributed by atoms with E-state index < -0.39 is 17.5 Å². The first-order chi connectivity index (χ1) is 10.1. The first-order valence-electron chi connectivity index (χ1n) is 6.42. The van der Waals surface area contributed by atoms with Crippen LogP contribution in [-0.4, -0.2) is 26.8 Å². The molecular weight excluding hydrogens is 298 g/mol. The van der Waals surface area contributed by atoms with Crippen molar-refractivity contribution in [3.63, 3.8) is 0 Å². The Bertz CT molecular complexity index is 672. The largest absolute Gasteiger partial charge is 0.323 e. The van der Waals surface area contributed by atoms with E-state index in [1.807, 2.05) is 0 Å². The van der Waals surface area contributed by atoms with Crippen LogP contribution in [0.3, 0.4) is 0 Å². The van der Waals surface area contributed by atoms with E-state index in [9.17, 15) is 13.6 Å². The van der Waals surface area contributed by atoms with E-state index in [1.165, 1.54) is 0 Å². The van der Waals surface area contributed by atoms with Crippen LogP contribution in [0.2, 0.25) is 0 Å². The number of nitrogens with zero attached hydrogens (tertiary/aromatic N) is 2. The van der Waals surface area contributed by atoms with Gasteiger partial charge in [0, 0.05) is 12.0 Å². The summed E-state index contributed by atoms with van der Waals surface area (Å²) in [6, 6.07) is 2.90. The minimum Gasteiger partial charge on any atom is -0.323 e. The summed E-state index contributed by atoms with van der Waals surface area (Å²) >= 11 is 1.14. The number of nitrogens with one attached hydrogen (secondary N) is 2. The van der Waals surface area contributed by atoms with Crippen LogP contribution in [0.1, 0.15) is 24.6 Å². The van der Waals surface area contributed by atoms with Crippen LogP contribution in [0, 0.1) is 11.6 Å². The fraction of sp³-hybridized carbons (Fsp3) is 0.308. The molecule has 8 heteroatoms.